The Morgan fingerprint density at radius 2 is 2.12 bits per heavy atom. The highest BCUT2D eigenvalue weighted by Crippen LogP contribution is 2.29. The number of non-ortho nitro benzene ring substituents is 1. The molecule has 7 nitrogen and oxygen atoms in total. The fourth-order valence-corrected chi connectivity index (χ4v) is 2.91. The Bertz CT molecular complexity index is 1030. The third kappa shape index (κ3) is 2.90. The summed E-state index contributed by atoms with van der Waals surface area (Å²) in [6.45, 7) is 0. The summed E-state index contributed by atoms with van der Waals surface area (Å²) in [4.78, 5) is 26.5. The van der Waals surface area contributed by atoms with E-state index < -0.39 is 16.6 Å². The minimum absolute atomic E-state index is 0.0813. The van der Waals surface area contributed by atoms with Crippen molar-refractivity contribution >= 4 is 38.3 Å². The Kier molecular flexibility index (Phi) is 3.89. The van der Waals surface area contributed by atoms with Gasteiger partial charge in [-0.2, -0.15) is 5.26 Å². The second-order valence-corrected chi connectivity index (χ2v) is 5.72. The van der Waals surface area contributed by atoms with E-state index in [-0.39, 0.29) is 21.9 Å². The van der Waals surface area contributed by atoms with Crippen LogP contribution in [0.5, 0.6) is 0 Å². The van der Waals surface area contributed by atoms with E-state index in [1.807, 2.05) is 0 Å². The highest BCUT2D eigenvalue weighted by Gasteiger charge is 2.16. The number of benzene rings is 2. The number of hydrogen-bond donors (Lipinski definition) is 1. The van der Waals surface area contributed by atoms with Crippen molar-refractivity contribution in [2.45, 2.75) is 0 Å². The second kappa shape index (κ2) is 6.02. The first-order valence-corrected chi connectivity index (χ1v) is 7.35. The monoisotopic (exact) mass is 342 g/mol. The molecule has 9 heteroatoms. The summed E-state index contributed by atoms with van der Waals surface area (Å²) in [7, 11) is 0. The van der Waals surface area contributed by atoms with Gasteiger partial charge in [0.15, 0.2) is 5.13 Å². The van der Waals surface area contributed by atoms with Crippen LogP contribution in [0.15, 0.2) is 36.4 Å². The van der Waals surface area contributed by atoms with Crippen molar-refractivity contribution < 1.29 is 14.1 Å². The van der Waals surface area contributed by atoms with Crippen LogP contribution in [0.4, 0.5) is 15.2 Å². The normalized spacial score (nSPS) is 10.3. The molecule has 0 aliphatic carbocycles. The van der Waals surface area contributed by atoms with E-state index in [0.717, 1.165) is 17.4 Å². The molecule has 3 rings (SSSR count). The third-order valence-corrected chi connectivity index (χ3v) is 4.08. The predicted molar refractivity (Wildman–Crippen MR) is 85.3 cm³/mol. The fraction of sp³-hybridized carbons (Fsp3) is 0. The lowest BCUT2D eigenvalue weighted by Crippen LogP contribution is -2.13. The maximum absolute atomic E-state index is 13.8. The molecule has 0 atom stereocenters. The average molecular weight is 342 g/mol. The van der Waals surface area contributed by atoms with E-state index >= 15 is 0 Å². The topological polar surface area (TPSA) is 109 Å². The second-order valence-electron chi connectivity index (χ2n) is 4.69. The van der Waals surface area contributed by atoms with Crippen LogP contribution in [0.2, 0.25) is 0 Å². The summed E-state index contributed by atoms with van der Waals surface area (Å²) in [5.74, 6) is -1.53. The first-order chi connectivity index (χ1) is 11.5. The van der Waals surface area contributed by atoms with Crippen molar-refractivity contribution in [3.8, 4) is 6.07 Å². The first kappa shape index (κ1) is 15.5. The Hall–Kier alpha value is -3.38. The number of hydrogen-bond acceptors (Lipinski definition) is 6. The quantitative estimate of drug-likeness (QED) is 0.579. The lowest BCUT2D eigenvalue weighted by Gasteiger charge is -2.03. The Morgan fingerprint density at radius 3 is 2.79 bits per heavy atom. The summed E-state index contributed by atoms with van der Waals surface area (Å²) in [5.41, 5.74) is 0.291. The van der Waals surface area contributed by atoms with Crippen LogP contribution in [-0.4, -0.2) is 15.8 Å². The lowest BCUT2D eigenvalue weighted by molar-refractivity contribution is -0.384. The molecule has 118 valence electrons. The molecule has 1 amide bonds. The van der Waals surface area contributed by atoms with E-state index in [4.69, 9.17) is 5.26 Å². The SMILES string of the molecule is N#Cc1ccc(C(=O)Nc2nc3ccc([N+](=O)[O-])cc3s2)c(F)c1. The smallest absolute Gasteiger partial charge is 0.270 e. The number of aromatic nitrogens is 1. The molecule has 0 aliphatic rings. The number of carbonyl (C=O) groups excluding carboxylic acids is 1. The minimum Gasteiger partial charge on any atom is -0.298 e. The zero-order valence-electron chi connectivity index (χ0n) is 11.8. The number of anilines is 1. The van der Waals surface area contributed by atoms with E-state index in [0.29, 0.717) is 10.2 Å². The third-order valence-electron chi connectivity index (χ3n) is 3.15. The van der Waals surface area contributed by atoms with E-state index in [1.54, 1.807) is 6.07 Å². The summed E-state index contributed by atoms with van der Waals surface area (Å²) in [6.07, 6.45) is 0. The number of thiazole rings is 1. The zero-order chi connectivity index (χ0) is 17.3. The number of nitrogens with one attached hydrogen (secondary N) is 1. The molecule has 2 aromatic carbocycles. The molecule has 0 fully saturated rings. The molecule has 24 heavy (non-hydrogen) atoms. The van der Waals surface area contributed by atoms with Gasteiger partial charge >= 0.3 is 0 Å². The zero-order valence-corrected chi connectivity index (χ0v) is 12.6. The molecular formula is C15H7FN4O3S. The largest absolute Gasteiger partial charge is 0.298 e. The van der Waals surface area contributed by atoms with Gasteiger partial charge in [0.2, 0.25) is 0 Å². The highest BCUT2D eigenvalue weighted by atomic mass is 32.1. The summed E-state index contributed by atoms with van der Waals surface area (Å²) in [5, 5.41) is 22.1. The molecule has 1 aromatic heterocycles. The van der Waals surface area contributed by atoms with Gasteiger partial charge < -0.3 is 0 Å². The summed E-state index contributed by atoms with van der Waals surface area (Å²) >= 11 is 1.04. The number of carbonyl (C=O) groups is 1. The lowest BCUT2D eigenvalue weighted by atomic mass is 10.1. The van der Waals surface area contributed by atoms with Crippen LogP contribution in [0.25, 0.3) is 10.2 Å². The highest BCUT2D eigenvalue weighted by molar-refractivity contribution is 7.22. The van der Waals surface area contributed by atoms with Gasteiger partial charge in [0.25, 0.3) is 11.6 Å². The van der Waals surface area contributed by atoms with Crippen LogP contribution in [0, 0.1) is 27.3 Å². The van der Waals surface area contributed by atoms with Gasteiger partial charge in [0.1, 0.15) is 5.82 Å². The standard InChI is InChI=1S/C15H7FN4O3S/c16-11-5-8(7-17)1-3-10(11)14(21)19-15-18-12-4-2-9(20(22)23)6-13(12)24-15/h1-6H,(H,18,19,21). The van der Waals surface area contributed by atoms with Crippen molar-refractivity contribution in [1.29, 1.82) is 5.26 Å². The predicted octanol–water partition coefficient (Wildman–Crippen LogP) is 3.47. The minimum atomic E-state index is -0.816. The van der Waals surface area contributed by atoms with E-state index in [9.17, 15) is 19.3 Å². The average Bonchev–Trinajstić information content (AvgIpc) is 2.95. The maximum atomic E-state index is 13.8. The molecule has 0 radical (unpaired) electrons. The van der Waals surface area contributed by atoms with Crippen LogP contribution < -0.4 is 5.32 Å². The number of nitro groups is 1. The van der Waals surface area contributed by atoms with Gasteiger partial charge in [-0.05, 0) is 24.3 Å². The fourth-order valence-electron chi connectivity index (χ4n) is 2.01. The molecule has 0 spiro atoms. The number of nitro benzene ring substituents is 1. The molecule has 0 saturated heterocycles. The van der Waals surface area contributed by atoms with Crippen LogP contribution in [-0.2, 0) is 0 Å². The first-order valence-electron chi connectivity index (χ1n) is 6.54. The number of amides is 1. The Morgan fingerprint density at radius 1 is 1.33 bits per heavy atom. The van der Waals surface area contributed by atoms with Crippen molar-refractivity contribution in [3.63, 3.8) is 0 Å². The molecular weight excluding hydrogens is 335 g/mol. The van der Waals surface area contributed by atoms with Gasteiger partial charge in [0.05, 0.1) is 32.3 Å². The van der Waals surface area contributed by atoms with Gasteiger partial charge in [0, 0.05) is 12.1 Å². The molecule has 1 heterocycles. The van der Waals surface area contributed by atoms with Gasteiger partial charge in [-0.25, -0.2) is 9.37 Å². The number of fused-ring (bicyclic) bond motifs is 1. The van der Waals surface area contributed by atoms with Crippen LogP contribution >= 0.6 is 11.3 Å². The van der Waals surface area contributed by atoms with Crippen LogP contribution in [0.3, 0.4) is 0 Å². The number of halogens is 1. The molecule has 0 unspecified atom stereocenters. The van der Waals surface area contributed by atoms with E-state index in [2.05, 4.69) is 10.3 Å². The molecule has 0 bridgehead atoms. The molecule has 0 aliphatic heterocycles. The van der Waals surface area contributed by atoms with Crippen molar-refractivity contribution in [2.24, 2.45) is 0 Å². The van der Waals surface area contributed by atoms with Gasteiger partial charge in [-0.3, -0.25) is 20.2 Å². The number of rotatable bonds is 3. The Balaban J connectivity index is 1.88. The number of nitrogens with zero attached hydrogens (tertiary/aromatic N) is 3. The van der Waals surface area contributed by atoms with Crippen LogP contribution in [0.1, 0.15) is 15.9 Å². The summed E-state index contributed by atoms with van der Waals surface area (Å²) < 4.78 is 14.4. The van der Waals surface area contributed by atoms with Crippen molar-refractivity contribution in [1.82, 2.24) is 4.98 Å². The molecule has 0 saturated carbocycles. The maximum Gasteiger partial charge on any atom is 0.270 e. The van der Waals surface area contributed by atoms with Crippen molar-refractivity contribution in [2.75, 3.05) is 5.32 Å². The molecule has 3 aromatic rings. The molecule has 1 N–H and O–H groups in total. The van der Waals surface area contributed by atoms with Gasteiger partial charge in [-0.15, -0.1) is 0 Å². The van der Waals surface area contributed by atoms with Crippen molar-refractivity contribution in [3.05, 3.63) is 63.5 Å². The van der Waals surface area contributed by atoms with Gasteiger partial charge in [-0.1, -0.05) is 11.3 Å². The summed E-state index contributed by atoms with van der Waals surface area (Å²) in [6, 6.07) is 9.43. The Labute approximate surface area is 138 Å². The van der Waals surface area contributed by atoms with E-state index in [1.165, 1.54) is 30.3 Å². The number of nitriles is 1.